The topological polar surface area (TPSA) is 76.1 Å². The van der Waals surface area contributed by atoms with Crippen molar-refractivity contribution >= 4 is 28.8 Å². The van der Waals surface area contributed by atoms with Crippen LogP contribution in [-0.4, -0.2) is 48.6 Å². The predicted molar refractivity (Wildman–Crippen MR) is 103 cm³/mol. The SMILES string of the molecule is CCOc1cccc(C(O)=C2C(=O)C(=O)N(CCOC)C2c2cccs2)c1. The van der Waals surface area contributed by atoms with Gasteiger partial charge in [-0.25, -0.2) is 0 Å². The summed E-state index contributed by atoms with van der Waals surface area (Å²) in [6.07, 6.45) is 0. The molecule has 2 heterocycles. The summed E-state index contributed by atoms with van der Waals surface area (Å²) in [7, 11) is 1.54. The largest absolute Gasteiger partial charge is 0.507 e. The minimum Gasteiger partial charge on any atom is -0.507 e. The Kier molecular flexibility index (Phi) is 5.93. The number of methoxy groups -OCH3 is 1. The fourth-order valence-corrected chi connectivity index (χ4v) is 3.94. The molecule has 0 radical (unpaired) electrons. The van der Waals surface area contributed by atoms with Crippen LogP contribution >= 0.6 is 11.3 Å². The second-order valence-corrected chi connectivity index (χ2v) is 6.94. The van der Waals surface area contributed by atoms with Gasteiger partial charge in [0.05, 0.1) is 24.8 Å². The van der Waals surface area contributed by atoms with E-state index in [-0.39, 0.29) is 17.9 Å². The van der Waals surface area contributed by atoms with Crippen LogP contribution in [0.3, 0.4) is 0 Å². The highest BCUT2D eigenvalue weighted by Crippen LogP contribution is 2.41. The Hall–Kier alpha value is -2.64. The number of ether oxygens (including phenoxy) is 2. The van der Waals surface area contributed by atoms with Gasteiger partial charge in [0.15, 0.2) is 0 Å². The van der Waals surface area contributed by atoms with E-state index in [4.69, 9.17) is 9.47 Å². The van der Waals surface area contributed by atoms with E-state index in [0.717, 1.165) is 4.88 Å². The number of aliphatic hydroxyl groups is 1. The van der Waals surface area contributed by atoms with Crippen LogP contribution in [0.1, 0.15) is 23.4 Å². The van der Waals surface area contributed by atoms with E-state index >= 15 is 0 Å². The fourth-order valence-electron chi connectivity index (χ4n) is 3.10. The van der Waals surface area contributed by atoms with Crippen molar-refractivity contribution in [1.82, 2.24) is 4.90 Å². The molecule has 0 spiro atoms. The standard InChI is InChI=1S/C20H21NO5S/c1-3-26-14-7-4-6-13(12-14)18(22)16-17(15-8-5-11-27-15)21(9-10-25-2)20(24)19(16)23/h4-8,11-12,17,22H,3,9-10H2,1-2H3. The van der Waals surface area contributed by atoms with Gasteiger partial charge in [-0.05, 0) is 30.5 Å². The van der Waals surface area contributed by atoms with Gasteiger partial charge in [-0.1, -0.05) is 18.2 Å². The molecule has 1 saturated heterocycles. The summed E-state index contributed by atoms with van der Waals surface area (Å²) < 4.78 is 10.5. The van der Waals surface area contributed by atoms with E-state index < -0.39 is 17.7 Å². The lowest BCUT2D eigenvalue weighted by atomic mass is 10.00. The molecule has 27 heavy (non-hydrogen) atoms. The van der Waals surface area contributed by atoms with Crippen molar-refractivity contribution in [3.05, 3.63) is 57.8 Å². The van der Waals surface area contributed by atoms with Crippen LogP contribution in [-0.2, 0) is 14.3 Å². The molecule has 1 amide bonds. The quantitative estimate of drug-likeness (QED) is 0.448. The first kappa shape index (κ1) is 19.1. The number of benzene rings is 1. The van der Waals surface area contributed by atoms with Crippen molar-refractivity contribution in [1.29, 1.82) is 0 Å². The number of likely N-dealkylation sites (tertiary alicyclic amines) is 1. The first-order chi connectivity index (χ1) is 13.1. The Labute approximate surface area is 161 Å². The fraction of sp³-hybridized carbons (Fsp3) is 0.300. The van der Waals surface area contributed by atoms with Crippen LogP contribution in [0.5, 0.6) is 5.75 Å². The van der Waals surface area contributed by atoms with Crippen molar-refractivity contribution in [2.75, 3.05) is 26.9 Å². The first-order valence-electron chi connectivity index (χ1n) is 8.62. The van der Waals surface area contributed by atoms with Crippen LogP contribution in [0.4, 0.5) is 0 Å². The molecule has 7 heteroatoms. The monoisotopic (exact) mass is 387 g/mol. The summed E-state index contributed by atoms with van der Waals surface area (Å²) in [5, 5.41) is 12.8. The third-order valence-corrected chi connectivity index (χ3v) is 5.23. The molecular weight excluding hydrogens is 366 g/mol. The molecule has 142 valence electrons. The van der Waals surface area contributed by atoms with Gasteiger partial charge >= 0.3 is 0 Å². The summed E-state index contributed by atoms with van der Waals surface area (Å²) >= 11 is 1.43. The van der Waals surface area contributed by atoms with Gasteiger partial charge in [0.25, 0.3) is 11.7 Å². The predicted octanol–water partition coefficient (Wildman–Crippen LogP) is 3.21. The van der Waals surface area contributed by atoms with Crippen molar-refractivity contribution in [2.24, 2.45) is 0 Å². The molecule has 1 unspecified atom stereocenters. The summed E-state index contributed by atoms with van der Waals surface area (Å²) in [5.74, 6) is -0.937. The zero-order valence-corrected chi connectivity index (χ0v) is 16.0. The van der Waals surface area contributed by atoms with Gasteiger partial charge in [-0.2, -0.15) is 0 Å². The number of rotatable bonds is 7. The second-order valence-electron chi connectivity index (χ2n) is 5.96. The number of Topliss-reactive ketones (excluding diaryl/α,β-unsaturated/α-hetero) is 1. The summed E-state index contributed by atoms with van der Waals surface area (Å²) in [4.78, 5) is 27.6. The van der Waals surface area contributed by atoms with Gasteiger partial charge in [0.1, 0.15) is 11.5 Å². The minimum absolute atomic E-state index is 0.0900. The van der Waals surface area contributed by atoms with Crippen molar-refractivity contribution < 1.29 is 24.2 Å². The minimum atomic E-state index is -0.691. The third-order valence-electron chi connectivity index (χ3n) is 4.31. The Morgan fingerprint density at radius 3 is 2.74 bits per heavy atom. The summed E-state index contributed by atoms with van der Waals surface area (Å²) in [6, 6.07) is 9.93. The molecule has 1 aromatic heterocycles. The highest BCUT2D eigenvalue weighted by atomic mass is 32.1. The number of ketones is 1. The number of hydrogen-bond donors (Lipinski definition) is 1. The molecule has 3 rings (SSSR count). The van der Waals surface area contributed by atoms with Gasteiger partial charge in [-0.15, -0.1) is 11.3 Å². The van der Waals surface area contributed by atoms with Crippen molar-refractivity contribution in [3.63, 3.8) is 0 Å². The maximum atomic E-state index is 12.7. The number of amides is 1. The average molecular weight is 387 g/mol. The van der Waals surface area contributed by atoms with Crippen LogP contribution < -0.4 is 4.74 Å². The number of carbonyl (C=O) groups excluding carboxylic acids is 2. The Morgan fingerprint density at radius 2 is 2.07 bits per heavy atom. The molecule has 1 fully saturated rings. The molecule has 1 atom stereocenters. The van der Waals surface area contributed by atoms with Gasteiger partial charge in [-0.3, -0.25) is 9.59 Å². The number of aliphatic hydroxyl groups excluding tert-OH is 1. The van der Waals surface area contributed by atoms with Crippen LogP contribution in [0.15, 0.2) is 47.4 Å². The van der Waals surface area contributed by atoms with E-state index in [1.165, 1.54) is 23.3 Å². The molecular formula is C20H21NO5S. The number of carbonyl (C=O) groups is 2. The van der Waals surface area contributed by atoms with E-state index in [1.807, 2.05) is 24.4 Å². The Bertz CT molecular complexity index is 859. The molecule has 6 nitrogen and oxygen atoms in total. The molecule has 1 aliphatic rings. The molecule has 2 aromatic rings. The van der Waals surface area contributed by atoms with E-state index in [1.54, 1.807) is 24.3 Å². The lowest BCUT2D eigenvalue weighted by molar-refractivity contribution is -0.140. The van der Waals surface area contributed by atoms with Crippen molar-refractivity contribution in [2.45, 2.75) is 13.0 Å². The normalized spacial score (nSPS) is 18.9. The summed E-state index contributed by atoms with van der Waals surface area (Å²) in [5.41, 5.74) is 0.527. The van der Waals surface area contributed by atoms with Gasteiger partial charge in [0, 0.05) is 24.1 Å². The molecule has 1 aromatic carbocycles. The average Bonchev–Trinajstić information content (AvgIpc) is 3.28. The van der Waals surface area contributed by atoms with Crippen molar-refractivity contribution in [3.8, 4) is 5.75 Å². The highest BCUT2D eigenvalue weighted by molar-refractivity contribution is 7.10. The Morgan fingerprint density at radius 1 is 1.26 bits per heavy atom. The maximum Gasteiger partial charge on any atom is 0.295 e. The molecule has 0 bridgehead atoms. The number of thiophene rings is 1. The zero-order valence-electron chi connectivity index (χ0n) is 15.2. The lowest BCUT2D eigenvalue weighted by Gasteiger charge is -2.23. The van der Waals surface area contributed by atoms with Gasteiger partial charge < -0.3 is 19.5 Å². The molecule has 0 saturated carbocycles. The second kappa shape index (κ2) is 8.37. The molecule has 1 aliphatic heterocycles. The smallest absolute Gasteiger partial charge is 0.295 e. The van der Waals surface area contributed by atoms with E-state index in [9.17, 15) is 14.7 Å². The van der Waals surface area contributed by atoms with E-state index in [2.05, 4.69) is 0 Å². The molecule has 0 aliphatic carbocycles. The van der Waals surface area contributed by atoms with Crippen LogP contribution in [0.25, 0.3) is 5.76 Å². The summed E-state index contributed by atoms with van der Waals surface area (Å²) in [6.45, 7) is 2.92. The number of nitrogens with zero attached hydrogens (tertiary/aromatic N) is 1. The van der Waals surface area contributed by atoms with Crippen LogP contribution in [0.2, 0.25) is 0 Å². The molecule has 1 N–H and O–H groups in total. The Balaban J connectivity index is 2.10. The first-order valence-corrected chi connectivity index (χ1v) is 9.50. The maximum absolute atomic E-state index is 12.7. The third kappa shape index (κ3) is 3.74. The van der Waals surface area contributed by atoms with Crippen LogP contribution in [0, 0.1) is 0 Å². The zero-order chi connectivity index (χ0) is 19.4. The highest BCUT2D eigenvalue weighted by Gasteiger charge is 2.46. The van der Waals surface area contributed by atoms with Gasteiger partial charge in [0.2, 0.25) is 0 Å². The van der Waals surface area contributed by atoms with E-state index in [0.29, 0.717) is 24.5 Å². The number of hydrogen-bond acceptors (Lipinski definition) is 6. The lowest BCUT2D eigenvalue weighted by Crippen LogP contribution is -2.32.